The van der Waals surface area contributed by atoms with Gasteiger partial charge in [-0.25, -0.2) is 4.39 Å². The van der Waals surface area contributed by atoms with Gasteiger partial charge in [-0.3, -0.25) is 0 Å². The van der Waals surface area contributed by atoms with Gasteiger partial charge in [-0.15, -0.1) is 0 Å². The zero-order chi connectivity index (χ0) is 30.0. The van der Waals surface area contributed by atoms with Gasteiger partial charge in [0.2, 0.25) is 0 Å². The summed E-state index contributed by atoms with van der Waals surface area (Å²) in [4.78, 5) is 0. The lowest BCUT2D eigenvalue weighted by Crippen LogP contribution is -2.36. The Kier molecular flexibility index (Phi) is 9.52. The summed E-state index contributed by atoms with van der Waals surface area (Å²) < 4.78 is 95.3. The molecule has 0 spiro atoms. The van der Waals surface area contributed by atoms with Gasteiger partial charge >= 0.3 is 12.4 Å². The summed E-state index contributed by atoms with van der Waals surface area (Å²) in [6.45, 7) is 9.38. The summed E-state index contributed by atoms with van der Waals surface area (Å²) in [6, 6.07) is 10.9. The number of allylic oxidation sites excluding steroid dienone is 1. The molecule has 3 aromatic carbocycles. The molecule has 0 aliphatic rings. The van der Waals surface area contributed by atoms with E-state index in [9.17, 15) is 26.3 Å². The van der Waals surface area contributed by atoms with Crippen molar-refractivity contribution in [1.29, 1.82) is 0 Å². The molecule has 2 unspecified atom stereocenters. The van der Waals surface area contributed by atoms with Gasteiger partial charge in [0.05, 0.1) is 16.1 Å². The second-order valence-corrected chi connectivity index (χ2v) is 10.00. The predicted octanol–water partition coefficient (Wildman–Crippen LogP) is 9.73. The number of rotatable bonds is 9. The van der Waals surface area contributed by atoms with E-state index >= 15 is 4.39 Å². The van der Waals surface area contributed by atoms with Gasteiger partial charge in [-0.1, -0.05) is 78.8 Å². The SMILES string of the molecule is C=C(NC(C)C(=C)NCC(F)(F)F)c1ccc(/C(F)=C/C(c2cc(C)c(Cl)c(Cl)c2)C(F)(F)F)c2ccccc12. The van der Waals surface area contributed by atoms with Crippen LogP contribution in [0.4, 0.5) is 30.7 Å². The van der Waals surface area contributed by atoms with E-state index in [1.165, 1.54) is 25.1 Å². The van der Waals surface area contributed by atoms with E-state index in [2.05, 4.69) is 23.8 Å². The van der Waals surface area contributed by atoms with E-state index in [0.29, 0.717) is 33.7 Å². The standard InChI is InChI=1S/C29H25Cl2F7N2/c1-15-11-19(12-25(30)27(15)31)24(29(36,37)38)13-26(32)23-10-9-20(21-7-5-6-8-22(21)23)18(4)40-17(3)16(2)39-14-28(33,34)35/h5-13,17,24,39-40H,2,4,14H2,1,3H3/b26-13-. The van der Waals surface area contributed by atoms with Gasteiger partial charge in [0, 0.05) is 22.5 Å². The van der Waals surface area contributed by atoms with Crippen molar-refractivity contribution in [3.8, 4) is 0 Å². The van der Waals surface area contributed by atoms with Crippen LogP contribution in [0.3, 0.4) is 0 Å². The van der Waals surface area contributed by atoms with Crippen LogP contribution in [0.25, 0.3) is 22.3 Å². The maximum absolute atomic E-state index is 15.6. The summed E-state index contributed by atoms with van der Waals surface area (Å²) in [6.07, 6.45) is -8.76. The summed E-state index contributed by atoms with van der Waals surface area (Å²) in [5.74, 6) is -3.41. The van der Waals surface area contributed by atoms with Gasteiger partial charge in [-0.05, 0) is 47.9 Å². The molecule has 0 bridgehead atoms. The maximum atomic E-state index is 15.6. The van der Waals surface area contributed by atoms with Crippen molar-refractivity contribution in [2.24, 2.45) is 0 Å². The van der Waals surface area contributed by atoms with Gasteiger partial charge in [0.25, 0.3) is 0 Å². The molecular weight excluding hydrogens is 580 g/mol. The van der Waals surface area contributed by atoms with E-state index in [4.69, 9.17) is 23.2 Å². The normalized spacial score (nSPS) is 14.1. The van der Waals surface area contributed by atoms with Gasteiger partial charge in [-0.2, -0.15) is 26.3 Å². The number of hydrogen-bond acceptors (Lipinski definition) is 2. The molecule has 0 heterocycles. The molecule has 2 N–H and O–H groups in total. The smallest absolute Gasteiger partial charge is 0.379 e. The Morgan fingerprint density at radius 2 is 1.52 bits per heavy atom. The first kappa shape index (κ1) is 31.4. The molecule has 3 aromatic rings. The van der Waals surface area contributed by atoms with Crippen LogP contribution in [0.5, 0.6) is 0 Å². The monoisotopic (exact) mass is 604 g/mol. The van der Waals surface area contributed by atoms with Crippen LogP contribution in [-0.4, -0.2) is 24.9 Å². The van der Waals surface area contributed by atoms with Crippen molar-refractivity contribution in [2.75, 3.05) is 6.54 Å². The average molecular weight is 605 g/mol. The largest absolute Gasteiger partial charge is 0.405 e. The molecule has 0 aliphatic carbocycles. The molecule has 0 saturated heterocycles. The zero-order valence-electron chi connectivity index (χ0n) is 21.4. The van der Waals surface area contributed by atoms with E-state index in [0.717, 1.165) is 6.07 Å². The second kappa shape index (κ2) is 12.1. The minimum absolute atomic E-state index is 0.0733. The van der Waals surface area contributed by atoms with Crippen molar-refractivity contribution in [1.82, 2.24) is 10.6 Å². The number of alkyl halides is 6. The number of fused-ring (bicyclic) bond motifs is 1. The van der Waals surface area contributed by atoms with E-state index in [1.54, 1.807) is 31.2 Å². The number of nitrogens with one attached hydrogen (secondary N) is 2. The molecule has 0 aliphatic heterocycles. The predicted molar refractivity (Wildman–Crippen MR) is 148 cm³/mol. The lowest BCUT2D eigenvalue weighted by Gasteiger charge is -2.22. The molecular formula is C29H25Cl2F7N2. The molecule has 0 amide bonds. The van der Waals surface area contributed by atoms with Gasteiger partial charge < -0.3 is 10.6 Å². The molecule has 3 rings (SSSR count). The molecule has 0 radical (unpaired) electrons. The highest BCUT2D eigenvalue weighted by Crippen LogP contribution is 2.42. The van der Waals surface area contributed by atoms with Gasteiger partial charge in [0.15, 0.2) is 0 Å². The highest BCUT2D eigenvalue weighted by atomic mass is 35.5. The van der Waals surface area contributed by atoms with Crippen LogP contribution >= 0.6 is 23.2 Å². The zero-order valence-corrected chi connectivity index (χ0v) is 22.9. The third-order valence-corrected chi connectivity index (χ3v) is 7.09. The number of benzene rings is 3. The van der Waals surface area contributed by atoms with E-state index < -0.39 is 36.7 Å². The Labute approximate surface area is 237 Å². The number of hydrogen-bond donors (Lipinski definition) is 2. The van der Waals surface area contributed by atoms with Crippen LogP contribution in [0.15, 0.2) is 73.5 Å². The van der Waals surface area contributed by atoms with Gasteiger partial charge in [0.1, 0.15) is 18.3 Å². The highest BCUT2D eigenvalue weighted by molar-refractivity contribution is 6.42. The van der Waals surface area contributed by atoms with Crippen LogP contribution in [0.1, 0.15) is 35.1 Å². The Morgan fingerprint density at radius 1 is 0.950 bits per heavy atom. The minimum Gasteiger partial charge on any atom is -0.379 e. The molecule has 0 fully saturated rings. The molecule has 2 atom stereocenters. The Hall–Kier alpha value is -3.17. The summed E-state index contributed by atoms with van der Waals surface area (Å²) in [7, 11) is 0. The van der Waals surface area contributed by atoms with Crippen LogP contribution in [0, 0.1) is 6.92 Å². The fourth-order valence-electron chi connectivity index (χ4n) is 4.11. The maximum Gasteiger partial charge on any atom is 0.405 e. The fourth-order valence-corrected chi connectivity index (χ4v) is 4.50. The molecule has 0 aromatic heterocycles. The molecule has 11 heteroatoms. The third kappa shape index (κ3) is 7.52. The molecule has 40 heavy (non-hydrogen) atoms. The summed E-state index contributed by atoms with van der Waals surface area (Å²) in [5.41, 5.74) is 0.829. The fraction of sp³-hybridized carbons (Fsp3) is 0.241. The van der Waals surface area contributed by atoms with Crippen LogP contribution in [-0.2, 0) is 0 Å². The number of aryl methyl sites for hydroxylation is 1. The lowest BCUT2D eigenvalue weighted by atomic mass is 9.93. The van der Waals surface area contributed by atoms with Crippen molar-refractivity contribution in [3.63, 3.8) is 0 Å². The Morgan fingerprint density at radius 3 is 2.08 bits per heavy atom. The molecule has 2 nitrogen and oxygen atoms in total. The summed E-state index contributed by atoms with van der Waals surface area (Å²) >= 11 is 12.0. The molecule has 0 saturated carbocycles. The first-order chi connectivity index (χ1) is 18.5. The lowest BCUT2D eigenvalue weighted by molar-refractivity contribution is -0.139. The first-order valence-corrected chi connectivity index (χ1v) is 12.6. The van der Waals surface area contributed by atoms with Crippen molar-refractivity contribution >= 4 is 45.5 Å². The van der Waals surface area contributed by atoms with Crippen molar-refractivity contribution in [3.05, 3.63) is 106 Å². The highest BCUT2D eigenvalue weighted by Gasteiger charge is 2.40. The number of halogens is 9. The quantitative estimate of drug-likeness (QED) is 0.238. The van der Waals surface area contributed by atoms with Crippen molar-refractivity contribution < 1.29 is 30.7 Å². The minimum atomic E-state index is -4.83. The summed E-state index contributed by atoms with van der Waals surface area (Å²) in [5, 5.41) is 5.98. The van der Waals surface area contributed by atoms with Crippen LogP contribution in [0.2, 0.25) is 10.0 Å². The van der Waals surface area contributed by atoms with E-state index in [-0.39, 0.29) is 26.9 Å². The van der Waals surface area contributed by atoms with Crippen molar-refractivity contribution in [2.45, 2.75) is 38.2 Å². The third-order valence-electron chi connectivity index (χ3n) is 6.19. The molecule has 214 valence electrons. The first-order valence-electron chi connectivity index (χ1n) is 11.9. The average Bonchev–Trinajstić information content (AvgIpc) is 2.86. The van der Waals surface area contributed by atoms with Crippen LogP contribution < -0.4 is 10.6 Å². The second-order valence-electron chi connectivity index (χ2n) is 9.21. The Balaban J connectivity index is 1.98. The topological polar surface area (TPSA) is 24.1 Å². The Bertz CT molecular complexity index is 1440. The van der Waals surface area contributed by atoms with E-state index in [1.807, 2.05) is 0 Å².